The van der Waals surface area contributed by atoms with Gasteiger partial charge in [-0.3, -0.25) is 0 Å². The fourth-order valence-electron chi connectivity index (χ4n) is 3.08. The Morgan fingerprint density at radius 2 is 1.60 bits per heavy atom. The highest BCUT2D eigenvalue weighted by Crippen LogP contribution is 2.51. The summed E-state index contributed by atoms with van der Waals surface area (Å²) in [6, 6.07) is 0. The summed E-state index contributed by atoms with van der Waals surface area (Å²) >= 11 is 0. The van der Waals surface area contributed by atoms with Crippen molar-refractivity contribution in [1.29, 1.82) is 0 Å². The van der Waals surface area contributed by atoms with Gasteiger partial charge < -0.3 is 5.21 Å². The molecule has 1 saturated carbocycles. The van der Waals surface area contributed by atoms with E-state index in [0.717, 1.165) is 18.6 Å². The van der Waals surface area contributed by atoms with Gasteiger partial charge in [0.1, 0.15) is 0 Å². The van der Waals surface area contributed by atoms with Gasteiger partial charge >= 0.3 is 0 Å². The van der Waals surface area contributed by atoms with Crippen molar-refractivity contribution >= 4 is 5.71 Å². The summed E-state index contributed by atoms with van der Waals surface area (Å²) in [4.78, 5) is 0. The normalized spacial score (nSPS) is 23.5. The summed E-state index contributed by atoms with van der Waals surface area (Å²) in [5, 5.41) is 12.4. The van der Waals surface area contributed by atoms with E-state index in [-0.39, 0.29) is 16.4 Å². The molecule has 88 valence electrons. The SMILES string of the molecule is CCC(C)(C)[N+]([O-])=C1C(C)(C)CC1(C)C. The first-order valence-electron chi connectivity index (χ1n) is 5.90. The summed E-state index contributed by atoms with van der Waals surface area (Å²) in [6.45, 7) is 14.8. The molecule has 2 nitrogen and oxygen atoms in total. The predicted molar refractivity (Wildman–Crippen MR) is 65.2 cm³/mol. The molecular formula is C13H25NO. The van der Waals surface area contributed by atoms with Crippen LogP contribution in [0.2, 0.25) is 0 Å². The van der Waals surface area contributed by atoms with Gasteiger partial charge in [-0.25, -0.2) is 4.74 Å². The summed E-state index contributed by atoms with van der Waals surface area (Å²) in [6.07, 6.45) is 1.99. The van der Waals surface area contributed by atoms with Crippen LogP contribution in [0.4, 0.5) is 0 Å². The van der Waals surface area contributed by atoms with Gasteiger partial charge in [-0.1, -0.05) is 34.6 Å². The zero-order chi connectivity index (χ0) is 12.1. The number of nitrogens with zero attached hydrogens (tertiary/aromatic N) is 1. The molecule has 0 aromatic carbocycles. The largest absolute Gasteiger partial charge is 0.623 e. The number of rotatable bonds is 2. The molecule has 0 saturated heterocycles. The second-order valence-electron chi connectivity index (χ2n) is 6.75. The zero-order valence-electron chi connectivity index (χ0n) is 11.3. The van der Waals surface area contributed by atoms with E-state index in [9.17, 15) is 5.21 Å². The maximum Gasteiger partial charge on any atom is 0.175 e. The Bertz CT molecular complexity index is 282. The second-order valence-corrected chi connectivity index (χ2v) is 6.75. The van der Waals surface area contributed by atoms with Crippen molar-refractivity contribution in [2.75, 3.05) is 0 Å². The lowest BCUT2D eigenvalue weighted by molar-refractivity contribution is -0.551. The van der Waals surface area contributed by atoms with Gasteiger partial charge in [0, 0.05) is 31.1 Å². The lowest BCUT2D eigenvalue weighted by Gasteiger charge is -2.49. The molecule has 0 unspecified atom stereocenters. The third-order valence-corrected chi connectivity index (χ3v) is 3.78. The topological polar surface area (TPSA) is 26.1 Å². The minimum atomic E-state index is -0.274. The van der Waals surface area contributed by atoms with Crippen molar-refractivity contribution < 1.29 is 4.74 Å². The molecule has 0 atom stereocenters. The van der Waals surface area contributed by atoms with Crippen LogP contribution < -0.4 is 0 Å². The molecule has 1 aliphatic rings. The van der Waals surface area contributed by atoms with Crippen LogP contribution in [0.3, 0.4) is 0 Å². The van der Waals surface area contributed by atoms with Crippen molar-refractivity contribution in [3.8, 4) is 0 Å². The molecule has 0 aromatic rings. The summed E-state index contributed by atoms with van der Waals surface area (Å²) in [5.74, 6) is 0. The molecule has 0 aliphatic heterocycles. The molecule has 0 heterocycles. The van der Waals surface area contributed by atoms with E-state index < -0.39 is 0 Å². The highest BCUT2D eigenvalue weighted by atomic mass is 16.5. The van der Waals surface area contributed by atoms with Crippen molar-refractivity contribution in [1.82, 2.24) is 0 Å². The molecule has 0 bridgehead atoms. The Morgan fingerprint density at radius 3 is 1.87 bits per heavy atom. The van der Waals surface area contributed by atoms with Gasteiger partial charge in [0.2, 0.25) is 0 Å². The average Bonchev–Trinajstić information content (AvgIpc) is 2.00. The Morgan fingerprint density at radius 1 is 1.20 bits per heavy atom. The highest BCUT2D eigenvalue weighted by molar-refractivity contribution is 5.96. The van der Waals surface area contributed by atoms with E-state index in [2.05, 4.69) is 34.6 Å². The molecule has 0 spiro atoms. The number of hydrogen-bond acceptors (Lipinski definition) is 1. The van der Waals surface area contributed by atoms with E-state index in [0.29, 0.717) is 0 Å². The quantitative estimate of drug-likeness (QED) is 0.389. The third-order valence-electron chi connectivity index (χ3n) is 3.78. The van der Waals surface area contributed by atoms with Crippen LogP contribution >= 0.6 is 0 Å². The number of hydroxylamine groups is 1. The van der Waals surface area contributed by atoms with Crippen LogP contribution in [0.5, 0.6) is 0 Å². The fourth-order valence-corrected chi connectivity index (χ4v) is 3.08. The van der Waals surface area contributed by atoms with Crippen LogP contribution in [0, 0.1) is 16.0 Å². The Labute approximate surface area is 94.0 Å². The van der Waals surface area contributed by atoms with Gasteiger partial charge in [0.25, 0.3) is 0 Å². The molecular weight excluding hydrogens is 186 g/mol. The monoisotopic (exact) mass is 211 g/mol. The lowest BCUT2D eigenvalue weighted by atomic mass is 9.54. The standard InChI is InChI=1S/C13H25NO/c1-8-13(6,7)14(15)10-11(2,3)9-12(10,4)5/h8-9H2,1-7H3. The predicted octanol–water partition coefficient (Wildman–Crippen LogP) is 3.58. The van der Waals surface area contributed by atoms with E-state index in [1.807, 2.05) is 13.8 Å². The highest BCUT2D eigenvalue weighted by Gasteiger charge is 2.56. The fraction of sp³-hybridized carbons (Fsp3) is 0.923. The van der Waals surface area contributed by atoms with E-state index in [1.54, 1.807) is 0 Å². The van der Waals surface area contributed by atoms with Gasteiger partial charge in [-0.05, 0) is 6.42 Å². The van der Waals surface area contributed by atoms with Crippen molar-refractivity contribution in [2.45, 2.75) is 66.8 Å². The molecule has 0 radical (unpaired) electrons. The van der Waals surface area contributed by atoms with E-state index in [4.69, 9.17) is 0 Å². The third kappa shape index (κ3) is 1.91. The first-order valence-corrected chi connectivity index (χ1v) is 5.90. The smallest absolute Gasteiger partial charge is 0.175 e. The summed E-state index contributed by atoms with van der Waals surface area (Å²) in [5.41, 5.74) is 0.960. The first-order chi connectivity index (χ1) is 6.54. The summed E-state index contributed by atoms with van der Waals surface area (Å²) < 4.78 is 1.27. The summed E-state index contributed by atoms with van der Waals surface area (Å²) in [7, 11) is 0. The van der Waals surface area contributed by atoms with E-state index in [1.165, 1.54) is 4.74 Å². The maximum atomic E-state index is 12.4. The minimum Gasteiger partial charge on any atom is -0.623 e. The molecule has 1 aliphatic carbocycles. The minimum absolute atomic E-state index is 0.0810. The maximum absolute atomic E-state index is 12.4. The van der Waals surface area contributed by atoms with Gasteiger partial charge in [0.05, 0.1) is 0 Å². The average molecular weight is 211 g/mol. The van der Waals surface area contributed by atoms with Gasteiger partial charge in [0.15, 0.2) is 11.3 Å². The Kier molecular flexibility index (Phi) is 2.70. The van der Waals surface area contributed by atoms with Crippen LogP contribution in [-0.4, -0.2) is 16.0 Å². The first kappa shape index (κ1) is 12.5. The van der Waals surface area contributed by atoms with Crippen LogP contribution in [0.1, 0.15) is 61.3 Å². The number of hydrogen-bond donors (Lipinski definition) is 0. The van der Waals surface area contributed by atoms with Crippen molar-refractivity contribution in [3.63, 3.8) is 0 Å². The molecule has 15 heavy (non-hydrogen) atoms. The Balaban J connectivity index is 3.18. The van der Waals surface area contributed by atoms with Crippen molar-refractivity contribution in [3.05, 3.63) is 5.21 Å². The molecule has 1 rings (SSSR count). The molecule has 2 heteroatoms. The van der Waals surface area contributed by atoms with Crippen LogP contribution in [0.25, 0.3) is 0 Å². The molecule has 0 amide bonds. The van der Waals surface area contributed by atoms with Crippen molar-refractivity contribution in [2.24, 2.45) is 10.8 Å². The van der Waals surface area contributed by atoms with Crippen LogP contribution in [-0.2, 0) is 0 Å². The molecule has 1 fully saturated rings. The second kappa shape index (κ2) is 3.23. The van der Waals surface area contributed by atoms with Gasteiger partial charge in [-0.15, -0.1) is 0 Å². The zero-order valence-corrected chi connectivity index (χ0v) is 11.3. The Hall–Kier alpha value is -0.530. The molecule has 0 aromatic heterocycles. The van der Waals surface area contributed by atoms with Crippen LogP contribution in [0.15, 0.2) is 0 Å². The lowest BCUT2D eigenvalue weighted by Crippen LogP contribution is -2.57. The molecule has 0 N–H and O–H groups in total. The van der Waals surface area contributed by atoms with E-state index >= 15 is 0 Å². The van der Waals surface area contributed by atoms with Gasteiger partial charge in [-0.2, -0.15) is 0 Å².